The summed E-state index contributed by atoms with van der Waals surface area (Å²) in [4.78, 5) is 22.0. The predicted molar refractivity (Wildman–Crippen MR) is 81.7 cm³/mol. The molecule has 1 N–H and O–H groups in total. The van der Waals surface area contributed by atoms with Gasteiger partial charge in [0.2, 0.25) is 5.95 Å². The number of nitrogens with one attached hydrogen (secondary N) is 1. The Kier molecular flexibility index (Phi) is 5.30. The van der Waals surface area contributed by atoms with E-state index in [1.165, 1.54) is 12.3 Å². The number of anilines is 1. The predicted octanol–water partition coefficient (Wildman–Crippen LogP) is -0.524. The molecule has 0 bridgehead atoms. The molecule has 122 valence electrons. The van der Waals surface area contributed by atoms with E-state index in [9.17, 15) is 13.2 Å². The topological polar surface area (TPSA) is 101 Å². The summed E-state index contributed by atoms with van der Waals surface area (Å²) < 4.78 is 28.0. The van der Waals surface area contributed by atoms with Crippen LogP contribution in [0.5, 0.6) is 0 Å². The fourth-order valence-corrected chi connectivity index (χ4v) is 4.02. The van der Waals surface area contributed by atoms with E-state index in [4.69, 9.17) is 4.74 Å². The summed E-state index contributed by atoms with van der Waals surface area (Å²) in [5.41, 5.74) is 0.244. The summed E-state index contributed by atoms with van der Waals surface area (Å²) in [6, 6.07) is 1.36. The third kappa shape index (κ3) is 4.14. The fourth-order valence-electron chi connectivity index (χ4n) is 2.25. The average molecular weight is 328 g/mol. The van der Waals surface area contributed by atoms with Gasteiger partial charge in [-0.3, -0.25) is 4.79 Å². The summed E-state index contributed by atoms with van der Waals surface area (Å²) >= 11 is 0. The van der Waals surface area contributed by atoms with E-state index in [1.54, 1.807) is 19.1 Å². The largest absolute Gasteiger partial charge is 0.383 e. The van der Waals surface area contributed by atoms with Crippen LogP contribution in [0.3, 0.4) is 0 Å². The van der Waals surface area contributed by atoms with E-state index in [1.807, 2.05) is 0 Å². The number of hydrogen-bond donors (Lipinski definition) is 1. The molecule has 8 nitrogen and oxygen atoms in total. The van der Waals surface area contributed by atoms with Gasteiger partial charge in [0, 0.05) is 32.9 Å². The van der Waals surface area contributed by atoms with Crippen LogP contribution in [-0.4, -0.2) is 69.1 Å². The second-order valence-electron chi connectivity index (χ2n) is 5.16. The molecule has 1 atom stereocenters. The van der Waals surface area contributed by atoms with Crippen molar-refractivity contribution in [3.8, 4) is 0 Å². The monoisotopic (exact) mass is 328 g/mol. The molecule has 1 aromatic heterocycles. The van der Waals surface area contributed by atoms with Crippen molar-refractivity contribution in [1.29, 1.82) is 0 Å². The molecule has 2 heterocycles. The van der Waals surface area contributed by atoms with Crippen molar-refractivity contribution in [2.24, 2.45) is 0 Å². The third-order valence-electron chi connectivity index (χ3n) is 3.54. The first-order valence-corrected chi connectivity index (χ1v) is 8.78. The molecule has 1 aliphatic heterocycles. The Labute approximate surface area is 129 Å². The number of aromatic nitrogens is 2. The van der Waals surface area contributed by atoms with Crippen LogP contribution in [0, 0.1) is 0 Å². The van der Waals surface area contributed by atoms with Crippen molar-refractivity contribution in [2.45, 2.75) is 12.5 Å². The van der Waals surface area contributed by atoms with Crippen LogP contribution >= 0.6 is 0 Å². The number of rotatable bonds is 6. The summed E-state index contributed by atoms with van der Waals surface area (Å²) in [5, 5.41) is 2.68. The quantitative estimate of drug-likeness (QED) is 0.701. The van der Waals surface area contributed by atoms with E-state index in [0.717, 1.165) is 0 Å². The first-order valence-electron chi connectivity index (χ1n) is 6.96. The van der Waals surface area contributed by atoms with Gasteiger partial charge in [-0.05, 0) is 12.5 Å². The molecule has 9 heteroatoms. The number of carbonyl (C=O) groups excluding carboxylic acids is 1. The number of methoxy groups -OCH3 is 1. The van der Waals surface area contributed by atoms with Gasteiger partial charge in [-0.1, -0.05) is 0 Å². The smallest absolute Gasteiger partial charge is 0.270 e. The van der Waals surface area contributed by atoms with Crippen molar-refractivity contribution in [1.82, 2.24) is 15.3 Å². The Morgan fingerprint density at radius 2 is 2.32 bits per heavy atom. The molecule has 0 aromatic carbocycles. The molecule has 0 radical (unpaired) electrons. The van der Waals surface area contributed by atoms with Crippen molar-refractivity contribution < 1.29 is 17.9 Å². The van der Waals surface area contributed by atoms with Gasteiger partial charge in [0.05, 0.1) is 18.1 Å². The molecular formula is C13H20N4O4S. The van der Waals surface area contributed by atoms with Crippen LogP contribution in [0.1, 0.15) is 16.9 Å². The second kappa shape index (κ2) is 7.01. The van der Waals surface area contributed by atoms with E-state index in [-0.39, 0.29) is 29.1 Å². The average Bonchev–Trinajstić information content (AvgIpc) is 2.87. The maximum Gasteiger partial charge on any atom is 0.270 e. The normalized spacial score (nSPS) is 19.8. The van der Waals surface area contributed by atoms with E-state index in [0.29, 0.717) is 25.5 Å². The summed E-state index contributed by atoms with van der Waals surface area (Å²) in [6.45, 7) is 0.814. The number of amides is 1. The number of hydrogen-bond acceptors (Lipinski definition) is 7. The molecule has 22 heavy (non-hydrogen) atoms. The van der Waals surface area contributed by atoms with Crippen LogP contribution in [0.25, 0.3) is 0 Å². The van der Waals surface area contributed by atoms with Gasteiger partial charge in [-0.25, -0.2) is 18.4 Å². The van der Waals surface area contributed by atoms with Gasteiger partial charge >= 0.3 is 0 Å². The van der Waals surface area contributed by atoms with Gasteiger partial charge in [0.25, 0.3) is 5.91 Å². The third-order valence-corrected chi connectivity index (χ3v) is 5.29. The molecule has 1 amide bonds. The Hall–Kier alpha value is -1.74. The SMILES string of the molecule is COCCNC(=O)c1ccnc(N(C)C2CCS(=O)(=O)C2)n1. The highest BCUT2D eigenvalue weighted by atomic mass is 32.2. The van der Waals surface area contributed by atoms with Gasteiger partial charge in [-0.15, -0.1) is 0 Å². The highest BCUT2D eigenvalue weighted by Gasteiger charge is 2.31. The Morgan fingerprint density at radius 3 is 2.95 bits per heavy atom. The zero-order valence-corrected chi connectivity index (χ0v) is 13.5. The van der Waals surface area contributed by atoms with Crippen molar-refractivity contribution in [2.75, 3.05) is 43.7 Å². The molecular weight excluding hydrogens is 308 g/mol. The minimum atomic E-state index is -2.98. The second-order valence-corrected chi connectivity index (χ2v) is 7.39. The Morgan fingerprint density at radius 1 is 1.55 bits per heavy atom. The maximum atomic E-state index is 11.9. The number of ether oxygens (including phenoxy) is 1. The minimum Gasteiger partial charge on any atom is -0.383 e. The van der Waals surface area contributed by atoms with E-state index in [2.05, 4.69) is 15.3 Å². The zero-order valence-electron chi connectivity index (χ0n) is 12.7. The van der Waals surface area contributed by atoms with Gasteiger partial charge in [0.1, 0.15) is 5.69 Å². The molecule has 1 aliphatic rings. The number of nitrogens with zero attached hydrogens (tertiary/aromatic N) is 3. The van der Waals surface area contributed by atoms with Crippen LogP contribution in [-0.2, 0) is 14.6 Å². The Balaban J connectivity index is 2.06. The maximum absolute atomic E-state index is 11.9. The molecule has 1 saturated heterocycles. The highest BCUT2D eigenvalue weighted by molar-refractivity contribution is 7.91. The zero-order chi connectivity index (χ0) is 16.2. The number of sulfone groups is 1. The lowest BCUT2D eigenvalue weighted by atomic mass is 10.2. The van der Waals surface area contributed by atoms with Crippen LogP contribution in [0.4, 0.5) is 5.95 Å². The Bertz CT molecular complexity index is 635. The van der Waals surface area contributed by atoms with Gasteiger partial charge in [0.15, 0.2) is 9.84 Å². The summed E-state index contributed by atoms with van der Waals surface area (Å²) in [6.07, 6.45) is 2.04. The van der Waals surface area contributed by atoms with E-state index < -0.39 is 9.84 Å². The fraction of sp³-hybridized carbons (Fsp3) is 0.615. The van der Waals surface area contributed by atoms with Crippen molar-refractivity contribution >= 4 is 21.7 Å². The molecule has 1 fully saturated rings. The standard InChI is InChI=1S/C13H20N4O4S/c1-17(10-4-8-22(19,20)9-10)13-15-5-3-11(16-13)12(18)14-6-7-21-2/h3,5,10H,4,6-9H2,1-2H3,(H,14,18). The number of carbonyl (C=O) groups is 1. The van der Waals surface area contributed by atoms with Gasteiger partial charge < -0.3 is 15.0 Å². The molecule has 1 unspecified atom stereocenters. The lowest BCUT2D eigenvalue weighted by Gasteiger charge is -2.23. The first kappa shape index (κ1) is 16.6. The summed E-state index contributed by atoms with van der Waals surface area (Å²) in [7, 11) is 0.318. The van der Waals surface area contributed by atoms with E-state index >= 15 is 0 Å². The van der Waals surface area contributed by atoms with Crippen LogP contribution in [0.2, 0.25) is 0 Å². The molecule has 1 aromatic rings. The van der Waals surface area contributed by atoms with Crippen LogP contribution < -0.4 is 10.2 Å². The first-order chi connectivity index (χ1) is 10.4. The summed E-state index contributed by atoms with van der Waals surface area (Å²) in [5.74, 6) is 0.311. The lowest BCUT2D eigenvalue weighted by Crippen LogP contribution is -2.34. The van der Waals surface area contributed by atoms with Crippen molar-refractivity contribution in [3.05, 3.63) is 18.0 Å². The minimum absolute atomic E-state index is 0.0944. The molecule has 2 rings (SSSR count). The molecule has 0 aliphatic carbocycles. The highest BCUT2D eigenvalue weighted by Crippen LogP contribution is 2.20. The molecule has 0 saturated carbocycles. The van der Waals surface area contributed by atoms with Crippen LogP contribution in [0.15, 0.2) is 12.3 Å². The van der Waals surface area contributed by atoms with Gasteiger partial charge in [-0.2, -0.15) is 0 Å². The van der Waals surface area contributed by atoms with Crippen molar-refractivity contribution in [3.63, 3.8) is 0 Å². The molecule has 0 spiro atoms. The lowest BCUT2D eigenvalue weighted by molar-refractivity contribution is 0.0932.